The van der Waals surface area contributed by atoms with Crippen LogP contribution in [0, 0.1) is 0 Å². The fraction of sp³-hybridized carbons (Fsp3) is 0.250. The van der Waals surface area contributed by atoms with E-state index in [1.807, 2.05) is 18.2 Å². The van der Waals surface area contributed by atoms with E-state index in [1.54, 1.807) is 6.07 Å². The maximum atomic E-state index is 11.7. The van der Waals surface area contributed by atoms with Gasteiger partial charge in [0.25, 0.3) is 0 Å². The first-order valence-electron chi connectivity index (χ1n) is 3.27. The number of rotatable bonds is 3. The summed E-state index contributed by atoms with van der Waals surface area (Å²) in [6.45, 7) is -0.294. The van der Waals surface area contributed by atoms with E-state index in [0.29, 0.717) is 10.8 Å². The van der Waals surface area contributed by atoms with Crippen molar-refractivity contribution in [2.45, 2.75) is 4.90 Å². The highest BCUT2D eigenvalue weighted by Gasteiger charge is 1.93. The Balaban J connectivity index is 2.56. The minimum Gasteiger partial charge on any atom is -0.250 e. The molecule has 3 heteroatoms. The number of hydrogen-bond acceptors (Lipinski definition) is 1. The fourth-order valence-electron chi connectivity index (χ4n) is 0.713. The van der Waals surface area contributed by atoms with Crippen molar-refractivity contribution in [1.82, 2.24) is 0 Å². The fourth-order valence-corrected chi connectivity index (χ4v) is 1.67. The Morgan fingerprint density at radius 2 is 2.27 bits per heavy atom. The van der Waals surface area contributed by atoms with Crippen LogP contribution >= 0.6 is 23.4 Å². The molecule has 0 radical (unpaired) electrons. The molecule has 0 heterocycles. The molecule has 0 saturated heterocycles. The highest BCUT2D eigenvalue weighted by molar-refractivity contribution is 7.99. The van der Waals surface area contributed by atoms with Gasteiger partial charge in [0.05, 0.1) is 6.67 Å². The molecular formula is C8H8ClFS. The van der Waals surface area contributed by atoms with Gasteiger partial charge in [0.15, 0.2) is 0 Å². The molecule has 1 aromatic carbocycles. The van der Waals surface area contributed by atoms with Crippen LogP contribution in [0.5, 0.6) is 0 Å². The predicted octanol–water partition coefficient (Wildman–Crippen LogP) is 3.40. The van der Waals surface area contributed by atoms with E-state index in [1.165, 1.54) is 11.8 Å². The Bertz CT molecular complexity index is 227. The number of benzene rings is 1. The molecule has 0 atom stereocenters. The summed E-state index contributed by atoms with van der Waals surface area (Å²) < 4.78 is 11.7. The summed E-state index contributed by atoms with van der Waals surface area (Å²) in [4.78, 5) is 1.02. The molecule has 0 amide bonds. The molecule has 11 heavy (non-hydrogen) atoms. The molecule has 0 aliphatic heterocycles. The lowest BCUT2D eigenvalue weighted by Gasteiger charge is -1.97. The molecule has 0 unspecified atom stereocenters. The molecule has 0 aromatic heterocycles. The maximum Gasteiger partial charge on any atom is 0.0988 e. The highest BCUT2D eigenvalue weighted by atomic mass is 35.5. The molecule has 1 rings (SSSR count). The van der Waals surface area contributed by atoms with Gasteiger partial charge in [-0.1, -0.05) is 17.7 Å². The van der Waals surface area contributed by atoms with Gasteiger partial charge in [0.1, 0.15) is 0 Å². The Morgan fingerprint density at radius 1 is 1.45 bits per heavy atom. The zero-order chi connectivity index (χ0) is 8.10. The van der Waals surface area contributed by atoms with Gasteiger partial charge < -0.3 is 0 Å². The topological polar surface area (TPSA) is 0 Å². The van der Waals surface area contributed by atoms with Crippen LogP contribution in [-0.2, 0) is 0 Å². The quantitative estimate of drug-likeness (QED) is 0.659. The summed E-state index contributed by atoms with van der Waals surface area (Å²) in [5, 5.41) is 0.703. The van der Waals surface area contributed by atoms with Crippen molar-refractivity contribution in [2.24, 2.45) is 0 Å². The molecule has 1 aromatic rings. The van der Waals surface area contributed by atoms with Crippen molar-refractivity contribution in [2.75, 3.05) is 12.4 Å². The lowest BCUT2D eigenvalue weighted by atomic mass is 10.4. The van der Waals surface area contributed by atoms with Crippen LogP contribution in [0.25, 0.3) is 0 Å². The summed E-state index contributed by atoms with van der Waals surface area (Å²) in [6, 6.07) is 7.43. The van der Waals surface area contributed by atoms with Crippen molar-refractivity contribution in [3.63, 3.8) is 0 Å². The molecule has 0 spiro atoms. The van der Waals surface area contributed by atoms with Crippen LogP contribution in [0.3, 0.4) is 0 Å². The van der Waals surface area contributed by atoms with E-state index >= 15 is 0 Å². The average molecular weight is 191 g/mol. The number of halogens is 2. The van der Waals surface area contributed by atoms with E-state index in [9.17, 15) is 4.39 Å². The standard InChI is InChI=1S/C8H8ClFS/c9-7-2-1-3-8(6-7)11-5-4-10/h1-3,6H,4-5H2. The SMILES string of the molecule is FCCSc1cccc(Cl)c1. The van der Waals surface area contributed by atoms with Crippen LogP contribution in [0.1, 0.15) is 0 Å². The second kappa shape index (κ2) is 4.62. The third kappa shape index (κ3) is 3.12. The second-order valence-corrected chi connectivity index (χ2v) is 3.60. The zero-order valence-corrected chi connectivity index (χ0v) is 7.46. The lowest BCUT2D eigenvalue weighted by molar-refractivity contribution is 0.533. The molecule has 0 bridgehead atoms. The van der Waals surface area contributed by atoms with Crippen LogP contribution in [0.15, 0.2) is 29.2 Å². The Morgan fingerprint density at radius 3 is 2.91 bits per heavy atom. The van der Waals surface area contributed by atoms with Gasteiger partial charge in [-0.3, -0.25) is 4.39 Å². The molecule has 0 N–H and O–H groups in total. The monoisotopic (exact) mass is 190 g/mol. The van der Waals surface area contributed by atoms with E-state index in [4.69, 9.17) is 11.6 Å². The number of hydrogen-bond donors (Lipinski definition) is 0. The molecule has 60 valence electrons. The predicted molar refractivity (Wildman–Crippen MR) is 48.2 cm³/mol. The van der Waals surface area contributed by atoms with Gasteiger partial charge >= 0.3 is 0 Å². The third-order valence-electron chi connectivity index (χ3n) is 1.14. The van der Waals surface area contributed by atoms with Crippen molar-refractivity contribution < 1.29 is 4.39 Å². The van der Waals surface area contributed by atoms with Crippen LogP contribution in [0.4, 0.5) is 4.39 Å². The first kappa shape index (κ1) is 8.88. The smallest absolute Gasteiger partial charge is 0.0988 e. The third-order valence-corrected chi connectivity index (χ3v) is 2.32. The van der Waals surface area contributed by atoms with Gasteiger partial charge in [-0.05, 0) is 18.2 Å². The minimum atomic E-state index is -0.294. The summed E-state index contributed by atoms with van der Waals surface area (Å²) in [7, 11) is 0. The maximum absolute atomic E-state index is 11.7. The van der Waals surface area contributed by atoms with E-state index in [-0.39, 0.29) is 6.67 Å². The second-order valence-electron chi connectivity index (χ2n) is 1.99. The van der Waals surface area contributed by atoms with Gasteiger partial charge in [-0.25, -0.2) is 0 Å². The highest BCUT2D eigenvalue weighted by Crippen LogP contribution is 2.20. The minimum absolute atomic E-state index is 0.294. The molecule has 0 fully saturated rings. The van der Waals surface area contributed by atoms with Crippen molar-refractivity contribution >= 4 is 23.4 Å². The average Bonchev–Trinajstić information content (AvgIpc) is 2.01. The normalized spacial score (nSPS) is 10.0. The van der Waals surface area contributed by atoms with Crippen LogP contribution < -0.4 is 0 Å². The van der Waals surface area contributed by atoms with Gasteiger partial charge in [-0.2, -0.15) is 0 Å². The van der Waals surface area contributed by atoms with E-state index in [2.05, 4.69) is 0 Å². The van der Waals surface area contributed by atoms with Crippen LogP contribution in [0.2, 0.25) is 5.02 Å². The molecule has 0 aliphatic rings. The summed E-state index contributed by atoms with van der Waals surface area (Å²) in [5.41, 5.74) is 0. The largest absolute Gasteiger partial charge is 0.250 e. The Labute approximate surface area is 74.8 Å². The number of thioether (sulfide) groups is 1. The zero-order valence-electron chi connectivity index (χ0n) is 5.89. The molecule has 0 aliphatic carbocycles. The van der Waals surface area contributed by atoms with Gasteiger partial charge in [0, 0.05) is 15.7 Å². The molecular weight excluding hydrogens is 183 g/mol. The summed E-state index contributed by atoms with van der Waals surface area (Å²) in [5.74, 6) is 0.500. The van der Waals surface area contributed by atoms with Crippen LogP contribution in [-0.4, -0.2) is 12.4 Å². The van der Waals surface area contributed by atoms with Crippen molar-refractivity contribution in [3.8, 4) is 0 Å². The first-order valence-corrected chi connectivity index (χ1v) is 4.63. The Hall–Kier alpha value is -0.210. The van der Waals surface area contributed by atoms with Crippen molar-refractivity contribution in [1.29, 1.82) is 0 Å². The molecule has 0 nitrogen and oxygen atoms in total. The van der Waals surface area contributed by atoms with E-state index < -0.39 is 0 Å². The Kier molecular flexibility index (Phi) is 3.73. The lowest BCUT2D eigenvalue weighted by Crippen LogP contribution is -1.79. The molecule has 0 saturated carbocycles. The summed E-state index contributed by atoms with van der Waals surface area (Å²) >= 11 is 7.19. The van der Waals surface area contributed by atoms with Crippen molar-refractivity contribution in [3.05, 3.63) is 29.3 Å². The number of alkyl halides is 1. The van der Waals surface area contributed by atoms with E-state index in [0.717, 1.165) is 4.90 Å². The first-order chi connectivity index (χ1) is 5.33. The summed E-state index contributed by atoms with van der Waals surface area (Å²) in [6.07, 6.45) is 0. The van der Waals surface area contributed by atoms with Gasteiger partial charge in [-0.15, -0.1) is 11.8 Å². The van der Waals surface area contributed by atoms with Gasteiger partial charge in [0.2, 0.25) is 0 Å².